The molecule has 0 radical (unpaired) electrons. The number of nitrogens with zero attached hydrogens (tertiary/aromatic N) is 3. The number of rotatable bonds is 5. The van der Waals surface area contributed by atoms with Crippen LogP contribution in [0.25, 0.3) is 0 Å². The van der Waals surface area contributed by atoms with Gasteiger partial charge in [0.05, 0.1) is 0 Å². The number of urea groups is 1. The standard InChI is InChI=1S/C23H31N3O3/c1-17(2)15-26-22(29)25(16-18-7-6-8-18)21(28)23(26)11-13-24(14-12-23)20(27)19-9-4-3-5-10-19/h3-5,9-10,17-18H,6-8,11-16H2,1-2H3. The molecule has 156 valence electrons. The number of hydrogen-bond acceptors (Lipinski definition) is 3. The van der Waals surface area contributed by atoms with E-state index in [1.165, 1.54) is 11.3 Å². The Balaban J connectivity index is 1.52. The summed E-state index contributed by atoms with van der Waals surface area (Å²) < 4.78 is 0. The Morgan fingerprint density at radius 1 is 1.10 bits per heavy atom. The van der Waals surface area contributed by atoms with Crippen LogP contribution in [-0.2, 0) is 4.79 Å². The van der Waals surface area contributed by atoms with E-state index < -0.39 is 5.54 Å². The molecule has 0 N–H and O–H groups in total. The fraction of sp³-hybridized carbons (Fsp3) is 0.609. The molecular weight excluding hydrogens is 366 g/mol. The van der Waals surface area contributed by atoms with E-state index in [1.807, 2.05) is 40.1 Å². The molecule has 1 aromatic rings. The van der Waals surface area contributed by atoms with E-state index in [9.17, 15) is 14.4 Å². The number of amides is 4. The molecule has 4 amide bonds. The summed E-state index contributed by atoms with van der Waals surface area (Å²) in [5, 5.41) is 0. The highest BCUT2D eigenvalue weighted by atomic mass is 16.2. The van der Waals surface area contributed by atoms with Crippen molar-refractivity contribution in [3.05, 3.63) is 35.9 Å². The van der Waals surface area contributed by atoms with Gasteiger partial charge in [0.25, 0.3) is 11.8 Å². The molecule has 0 aromatic heterocycles. The first kappa shape index (κ1) is 19.9. The van der Waals surface area contributed by atoms with Crippen LogP contribution in [0.2, 0.25) is 0 Å². The molecule has 2 heterocycles. The second kappa shape index (κ2) is 7.81. The maximum absolute atomic E-state index is 13.5. The van der Waals surface area contributed by atoms with Crippen molar-refractivity contribution in [1.29, 1.82) is 0 Å². The quantitative estimate of drug-likeness (QED) is 0.716. The van der Waals surface area contributed by atoms with E-state index in [-0.39, 0.29) is 23.8 Å². The molecule has 6 heteroatoms. The number of imide groups is 1. The fourth-order valence-corrected chi connectivity index (χ4v) is 4.82. The van der Waals surface area contributed by atoms with Crippen LogP contribution in [0, 0.1) is 11.8 Å². The Morgan fingerprint density at radius 2 is 1.76 bits per heavy atom. The monoisotopic (exact) mass is 397 g/mol. The third kappa shape index (κ3) is 3.53. The Kier molecular flexibility index (Phi) is 5.36. The van der Waals surface area contributed by atoms with Crippen LogP contribution < -0.4 is 0 Å². The maximum atomic E-state index is 13.5. The minimum atomic E-state index is -0.779. The van der Waals surface area contributed by atoms with Gasteiger partial charge < -0.3 is 9.80 Å². The minimum absolute atomic E-state index is 0.000967. The van der Waals surface area contributed by atoms with Crippen molar-refractivity contribution in [1.82, 2.24) is 14.7 Å². The first-order valence-electron chi connectivity index (χ1n) is 10.9. The van der Waals surface area contributed by atoms with Gasteiger partial charge in [0.15, 0.2) is 0 Å². The second-order valence-electron chi connectivity index (χ2n) is 9.19. The highest BCUT2D eigenvalue weighted by Gasteiger charge is 2.58. The summed E-state index contributed by atoms with van der Waals surface area (Å²) in [4.78, 5) is 44.6. The summed E-state index contributed by atoms with van der Waals surface area (Å²) in [7, 11) is 0. The van der Waals surface area contributed by atoms with E-state index in [0.717, 1.165) is 12.8 Å². The van der Waals surface area contributed by atoms with Gasteiger partial charge >= 0.3 is 6.03 Å². The Hall–Kier alpha value is -2.37. The molecule has 29 heavy (non-hydrogen) atoms. The van der Waals surface area contributed by atoms with E-state index in [0.29, 0.717) is 50.5 Å². The second-order valence-corrected chi connectivity index (χ2v) is 9.19. The molecule has 1 saturated carbocycles. The number of carbonyl (C=O) groups excluding carboxylic acids is 3. The summed E-state index contributed by atoms with van der Waals surface area (Å²) in [6, 6.07) is 9.13. The van der Waals surface area contributed by atoms with Gasteiger partial charge in [0.2, 0.25) is 0 Å². The van der Waals surface area contributed by atoms with E-state index in [2.05, 4.69) is 13.8 Å². The summed E-state index contributed by atoms with van der Waals surface area (Å²) >= 11 is 0. The molecule has 3 fully saturated rings. The lowest BCUT2D eigenvalue weighted by molar-refractivity contribution is -0.136. The molecule has 0 unspecified atom stereocenters. The van der Waals surface area contributed by atoms with Crippen LogP contribution in [-0.4, -0.2) is 64.3 Å². The fourth-order valence-electron chi connectivity index (χ4n) is 4.82. The van der Waals surface area contributed by atoms with E-state index in [1.54, 1.807) is 0 Å². The smallest absolute Gasteiger partial charge is 0.327 e. The lowest BCUT2D eigenvalue weighted by Gasteiger charge is -2.42. The number of likely N-dealkylation sites (tertiary alicyclic amines) is 1. The molecule has 6 nitrogen and oxygen atoms in total. The topological polar surface area (TPSA) is 60.9 Å². The van der Waals surface area contributed by atoms with Crippen LogP contribution >= 0.6 is 0 Å². The highest BCUT2D eigenvalue weighted by molar-refractivity contribution is 6.07. The van der Waals surface area contributed by atoms with Gasteiger partial charge in [-0.15, -0.1) is 0 Å². The zero-order chi connectivity index (χ0) is 20.6. The van der Waals surface area contributed by atoms with Gasteiger partial charge in [-0.1, -0.05) is 38.5 Å². The number of carbonyl (C=O) groups is 3. The van der Waals surface area contributed by atoms with E-state index >= 15 is 0 Å². The summed E-state index contributed by atoms with van der Waals surface area (Å²) in [6.45, 7) is 6.29. The highest BCUT2D eigenvalue weighted by Crippen LogP contribution is 2.40. The number of piperidine rings is 1. The van der Waals surface area contributed by atoms with Crippen molar-refractivity contribution >= 4 is 17.8 Å². The Bertz CT molecular complexity index is 780. The average molecular weight is 398 g/mol. The average Bonchev–Trinajstić information content (AvgIpc) is 2.87. The largest absolute Gasteiger partial charge is 0.338 e. The van der Waals surface area contributed by atoms with Crippen LogP contribution in [0.15, 0.2) is 30.3 Å². The van der Waals surface area contributed by atoms with Gasteiger partial charge in [-0.25, -0.2) is 4.79 Å². The van der Waals surface area contributed by atoms with Crippen LogP contribution in [0.5, 0.6) is 0 Å². The van der Waals surface area contributed by atoms with Crippen molar-refractivity contribution < 1.29 is 14.4 Å². The van der Waals surface area contributed by atoms with Crippen molar-refractivity contribution in [2.75, 3.05) is 26.2 Å². The zero-order valence-electron chi connectivity index (χ0n) is 17.5. The number of hydrogen-bond donors (Lipinski definition) is 0. The molecule has 2 aliphatic heterocycles. The van der Waals surface area contributed by atoms with Crippen LogP contribution in [0.4, 0.5) is 4.79 Å². The molecule has 0 bridgehead atoms. The predicted octanol–water partition coefficient (Wildman–Crippen LogP) is 3.38. The first-order valence-corrected chi connectivity index (χ1v) is 10.9. The number of benzene rings is 1. The van der Waals surface area contributed by atoms with Crippen molar-refractivity contribution in [2.24, 2.45) is 11.8 Å². The van der Waals surface area contributed by atoms with Gasteiger partial charge in [-0.3, -0.25) is 14.5 Å². The third-order valence-corrected chi connectivity index (χ3v) is 6.73. The minimum Gasteiger partial charge on any atom is -0.338 e. The lowest BCUT2D eigenvalue weighted by atomic mass is 9.83. The van der Waals surface area contributed by atoms with Crippen molar-refractivity contribution in [3.63, 3.8) is 0 Å². The third-order valence-electron chi connectivity index (χ3n) is 6.73. The maximum Gasteiger partial charge on any atom is 0.327 e. The van der Waals surface area contributed by atoms with Crippen molar-refractivity contribution in [2.45, 2.75) is 51.5 Å². The molecule has 3 aliphatic rings. The van der Waals surface area contributed by atoms with Gasteiger partial charge in [-0.2, -0.15) is 0 Å². The summed E-state index contributed by atoms with van der Waals surface area (Å²) in [5.41, 5.74) is -0.110. The molecule has 0 atom stereocenters. The zero-order valence-corrected chi connectivity index (χ0v) is 17.5. The van der Waals surface area contributed by atoms with Crippen molar-refractivity contribution in [3.8, 4) is 0 Å². The molecular formula is C23H31N3O3. The Labute approximate surface area is 172 Å². The van der Waals surface area contributed by atoms with Crippen LogP contribution in [0.3, 0.4) is 0 Å². The SMILES string of the molecule is CC(C)CN1C(=O)N(CC2CCC2)C(=O)C12CCN(C(=O)c1ccccc1)CC2. The molecule has 1 aromatic carbocycles. The molecule has 2 saturated heterocycles. The summed E-state index contributed by atoms with van der Waals surface area (Å²) in [6.07, 6.45) is 4.44. The Morgan fingerprint density at radius 3 is 2.31 bits per heavy atom. The predicted molar refractivity (Wildman–Crippen MR) is 110 cm³/mol. The lowest BCUT2D eigenvalue weighted by Crippen LogP contribution is -2.58. The van der Waals surface area contributed by atoms with E-state index in [4.69, 9.17) is 0 Å². The van der Waals surface area contributed by atoms with Gasteiger partial charge in [-0.05, 0) is 49.7 Å². The molecule has 4 rings (SSSR count). The van der Waals surface area contributed by atoms with Gasteiger partial charge in [0.1, 0.15) is 5.54 Å². The molecule has 1 aliphatic carbocycles. The summed E-state index contributed by atoms with van der Waals surface area (Å²) in [5.74, 6) is 0.704. The van der Waals surface area contributed by atoms with Crippen LogP contribution in [0.1, 0.15) is 56.3 Å². The normalized spacial score (nSPS) is 22.0. The molecule has 1 spiro atoms. The first-order chi connectivity index (χ1) is 13.9. The van der Waals surface area contributed by atoms with Gasteiger partial charge in [0, 0.05) is 31.7 Å².